The summed E-state index contributed by atoms with van der Waals surface area (Å²) < 4.78 is 0.884. The fraction of sp³-hybridized carbons (Fsp3) is 0.500. The van der Waals surface area contributed by atoms with Crippen molar-refractivity contribution in [1.29, 1.82) is 0 Å². The molecule has 0 spiro atoms. The van der Waals surface area contributed by atoms with Crippen LogP contribution in [0.3, 0.4) is 0 Å². The van der Waals surface area contributed by atoms with Gasteiger partial charge in [0.25, 0.3) is 0 Å². The molecule has 1 aromatic heterocycles. The first kappa shape index (κ1) is 10.7. The summed E-state index contributed by atoms with van der Waals surface area (Å²) >= 11 is 3.36. The van der Waals surface area contributed by atoms with Crippen LogP contribution in [0.5, 0.6) is 0 Å². The van der Waals surface area contributed by atoms with E-state index in [0.29, 0.717) is 6.54 Å². The Kier molecular flexibility index (Phi) is 3.45. The third-order valence-corrected chi connectivity index (χ3v) is 2.62. The smallest absolute Gasteiger partial charge is 0.106 e. The van der Waals surface area contributed by atoms with E-state index in [1.54, 1.807) is 0 Å². The van der Waals surface area contributed by atoms with Crippen LogP contribution in [0.4, 0.5) is 0 Å². The average molecular weight is 243 g/mol. The van der Waals surface area contributed by atoms with Crippen molar-refractivity contribution in [3.05, 3.63) is 28.5 Å². The molecule has 0 aromatic carbocycles. The van der Waals surface area contributed by atoms with Gasteiger partial charge < -0.3 is 5.73 Å². The Morgan fingerprint density at radius 2 is 2.15 bits per heavy atom. The van der Waals surface area contributed by atoms with Crippen LogP contribution < -0.4 is 5.73 Å². The quantitative estimate of drug-likeness (QED) is 0.828. The maximum atomic E-state index is 5.55. The van der Waals surface area contributed by atoms with Crippen LogP contribution in [0.25, 0.3) is 0 Å². The fourth-order valence-corrected chi connectivity index (χ4v) is 1.62. The number of halogens is 1. The minimum atomic E-state index is 0.0680. The van der Waals surface area contributed by atoms with Gasteiger partial charge in [-0.15, -0.1) is 0 Å². The van der Waals surface area contributed by atoms with Crippen molar-refractivity contribution >= 4 is 15.9 Å². The van der Waals surface area contributed by atoms with Crippen molar-refractivity contribution in [2.45, 2.75) is 25.7 Å². The molecule has 0 fully saturated rings. The highest BCUT2D eigenvalue weighted by Crippen LogP contribution is 2.25. The lowest BCUT2D eigenvalue weighted by molar-refractivity contribution is 0.472. The molecule has 1 heterocycles. The number of pyridine rings is 1. The zero-order valence-corrected chi connectivity index (χ0v) is 9.63. The molecule has 72 valence electrons. The van der Waals surface area contributed by atoms with Crippen molar-refractivity contribution in [1.82, 2.24) is 4.98 Å². The Hall–Kier alpha value is -0.410. The summed E-state index contributed by atoms with van der Waals surface area (Å²) in [4.78, 5) is 4.42. The predicted molar refractivity (Wildman–Crippen MR) is 58.6 cm³/mol. The molecule has 1 aromatic rings. The van der Waals surface area contributed by atoms with Crippen molar-refractivity contribution in [2.75, 3.05) is 6.54 Å². The predicted octanol–water partition coefficient (Wildman–Crippen LogP) is 2.47. The third-order valence-electron chi connectivity index (χ3n) is 2.18. The van der Waals surface area contributed by atoms with Gasteiger partial charge >= 0.3 is 0 Å². The zero-order chi connectivity index (χ0) is 9.90. The van der Waals surface area contributed by atoms with Crippen molar-refractivity contribution in [2.24, 2.45) is 5.73 Å². The molecule has 0 unspecified atom stereocenters. The number of hydrogen-bond acceptors (Lipinski definition) is 2. The molecule has 0 aliphatic rings. The van der Waals surface area contributed by atoms with E-state index in [0.717, 1.165) is 16.7 Å². The number of nitrogens with two attached hydrogens (primary N) is 1. The van der Waals surface area contributed by atoms with Crippen molar-refractivity contribution < 1.29 is 0 Å². The minimum Gasteiger partial charge on any atom is -0.330 e. The van der Waals surface area contributed by atoms with Gasteiger partial charge in [0, 0.05) is 11.1 Å². The summed E-state index contributed by atoms with van der Waals surface area (Å²) in [6, 6.07) is 5.98. The summed E-state index contributed by atoms with van der Waals surface area (Å²) in [5.41, 5.74) is 6.71. The standard InChI is InChI=1S/C10H15BrN2/c1-10(2,6-7-12)8-4-3-5-9(11)13-8/h3-5H,6-7,12H2,1-2H3. The molecular weight excluding hydrogens is 228 g/mol. The summed E-state index contributed by atoms with van der Waals surface area (Å²) in [6.45, 7) is 5.02. The van der Waals surface area contributed by atoms with E-state index in [-0.39, 0.29) is 5.41 Å². The topological polar surface area (TPSA) is 38.9 Å². The Morgan fingerprint density at radius 3 is 2.69 bits per heavy atom. The maximum Gasteiger partial charge on any atom is 0.106 e. The van der Waals surface area contributed by atoms with Crippen LogP contribution in [0.2, 0.25) is 0 Å². The van der Waals surface area contributed by atoms with E-state index >= 15 is 0 Å². The first-order chi connectivity index (χ1) is 6.06. The van der Waals surface area contributed by atoms with Crippen LogP contribution >= 0.6 is 15.9 Å². The highest BCUT2D eigenvalue weighted by molar-refractivity contribution is 9.10. The van der Waals surface area contributed by atoms with Gasteiger partial charge in [-0.2, -0.15) is 0 Å². The van der Waals surface area contributed by atoms with E-state index in [1.807, 2.05) is 18.2 Å². The normalized spacial score (nSPS) is 11.7. The first-order valence-corrected chi connectivity index (χ1v) is 5.19. The first-order valence-electron chi connectivity index (χ1n) is 4.39. The van der Waals surface area contributed by atoms with E-state index in [9.17, 15) is 0 Å². The Bertz CT molecular complexity index is 284. The third kappa shape index (κ3) is 2.78. The number of aromatic nitrogens is 1. The second kappa shape index (κ2) is 4.20. The number of nitrogens with zero attached hydrogens (tertiary/aromatic N) is 1. The van der Waals surface area contributed by atoms with Gasteiger partial charge in [0.1, 0.15) is 4.60 Å². The van der Waals surface area contributed by atoms with Crippen LogP contribution in [0, 0.1) is 0 Å². The van der Waals surface area contributed by atoms with E-state index in [4.69, 9.17) is 5.73 Å². The van der Waals surface area contributed by atoms with Gasteiger partial charge in [0.2, 0.25) is 0 Å². The molecule has 13 heavy (non-hydrogen) atoms. The van der Waals surface area contributed by atoms with Gasteiger partial charge in [-0.3, -0.25) is 0 Å². The molecule has 0 saturated carbocycles. The maximum absolute atomic E-state index is 5.55. The second-order valence-electron chi connectivity index (χ2n) is 3.77. The van der Waals surface area contributed by atoms with Crippen LogP contribution in [0.1, 0.15) is 26.0 Å². The molecule has 1 rings (SSSR count). The van der Waals surface area contributed by atoms with E-state index in [1.165, 1.54) is 0 Å². The van der Waals surface area contributed by atoms with Crippen LogP contribution in [-0.4, -0.2) is 11.5 Å². The summed E-state index contributed by atoms with van der Waals surface area (Å²) in [5, 5.41) is 0. The van der Waals surface area contributed by atoms with Gasteiger partial charge in [-0.25, -0.2) is 4.98 Å². The number of rotatable bonds is 3. The Balaban J connectivity index is 2.93. The highest BCUT2D eigenvalue weighted by atomic mass is 79.9. The van der Waals surface area contributed by atoms with Crippen LogP contribution in [0.15, 0.2) is 22.8 Å². The molecule has 0 amide bonds. The fourth-order valence-electron chi connectivity index (χ4n) is 1.27. The molecule has 0 aliphatic heterocycles. The monoisotopic (exact) mass is 242 g/mol. The Morgan fingerprint density at radius 1 is 1.46 bits per heavy atom. The van der Waals surface area contributed by atoms with E-state index in [2.05, 4.69) is 34.8 Å². The molecule has 2 nitrogen and oxygen atoms in total. The van der Waals surface area contributed by atoms with Crippen LogP contribution in [-0.2, 0) is 5.41 Å². The van der Waals surface area contributed by atoms with Crippen molar-refractivity contribution in [3.8, 4) is 0 Å². The second-order valence-corrected chi connectivity index (χ2v) is 4.58. The Labute approximate surface area is 87.7 Å². The van der Waals surface area contributed by atoms with Gasteiger partial charge in [-0.05, 0) is 41.0 Å². The molecule has 0 aliphatic carbocycles. The zero-order valence-electron chi connectivity index (χ0n) is 8.05. The average Bonchev–Trinajstić information content (AvgIpc) is 2.04. The van der Waals surface area contributed by atoms with Gasteiger partial charge in [0.05, 0.1) is 0 Å². The van der Waals surface area contributed by atoms with Crippen molar-refractivity contribution in [3.63, 3.8) is 0 Å². The molecule has 0 saturated heterocycles. The molecule has 3 heteroatoms. The van der Waals surface area contributed by atoms with Gasteiger partial charge in [-0.1, -0.05) is 19.9 Å². The molecule has 0 bridgehead atoms. The highest BCUT2D eigenvalue weighted by Gasteiger charge is 2.20. The summed E-state index contributed by atoms with van der Waals surface area (Å²) in [6.07, 6.45) is 0.955. The van der Waals surface area contributed by atoms with E-state index < -0.39 is 0 Å². The summed E-state index contributed by atoms with van der Waals surface area (Å²) in [5.74, 6) is 0. The molecule has 0 radical (unpaired) electrons. The lowest BCUT2D eigenvalue weighted by Gasteiger charge is -2.23. The summed E-state index contributed by atoms with van der Waals surface area (Å²) in [7, 11) is 0. The minimum absolute atomic E-state index is 0.0680. The molecule has 0 atom stereocenters. The largest absolute Gasteiger partial charge is 0.330 e. The van der Waals surface area contributed by atoms with Gasteiger partial charge in [0.15, 0.2) is 0 Å². The lowest BCUT2D eigenvalue weighted by atomic mass is 9.85. The number of hydrogen-bond donors (Lipinski definition) is 1. The lowest BCUT2D eigenvalue weighted by Crippen LogP contribution is -2.22. The molecule has 2 N–H and O–H groups in total. The molecular formula is C10H15BrN2. The SMILES string of the molecule is CC(C)(CCN)c1cccc(Br)n1.